The first-order valence-electron chi connectivity index (χ1n) is 7.19. The second-order valence-electron chi connectivity index (χ2n) is 5.45. The predicted octanol–water partition coefficient (Wildman–Crippen LogP) is 1.58. The van der Waals surface area contributed by atoms with E-state index in [1.54, 1.807) is 14.0 Å². The van der Waals surface area contributed by atoms with Crippen LogP contribution in [0.5, 0.6) is 5.75 Å². The molecule has 0 heterocycles. The van der Waals surface area contributed by atoms with E-state index in [2.05, 4.69) is 10.2 Å². The monoisotopic (exact) mass is 294 g/mol. The van der Waals surface area contributed by atoms with Crippen molar-refractivity contribution in [1.82, 2.24) is 10.2 Å². The minimum Gasteiger partial charge on any atom is -0.497 e. The number of methoxy groups -OCH3 is 1. The first-order chi connectivity index (χ1) is 9.93. The molecule has 1 aromatic rings. The molecule has 2 unspecified atom stereocenters. The summed E-state index contributed by atoms with van der Waals surface area (Å²) < 4.78 is 5.24. The van der Waals surface area contributed by atoms with Gasteiger partial charge in [-0.1, -0.05) is 12.1 Å². The zero-order valence-corrected chi connectivity index (χ0v) is 13.3. The van der Waals surface area contributed by atoms with E-state index in [-0.39, 0.29) is 11.9 Å². The molecule has 1 amide bonds. The SMILES string of the molecule is COc1cccc(C(CNC(=O)CCC(C)O)N(C)C)c1. The van der Waals surface area contributed by atoms with Crippen LogP contribution in [0, 0.1) is 0 Å². The van der Waals surface area contributed by atoms with Crippen molar-refractivity contribution in [2.75, 3.05) is 27.7 Å². The Morgan fingerprint density at radius 1 is 1.43 bits per heavy atom. The molecule has 0 saturated heterocycles. The molecule has 0 radical (unpaired) electrons. The fourth-order valence-electron chi connectivity index (χ4n) is 2.09. The second-order valence-corrected chi connectivity index (χ2v) is 5.45. The van der Waals surface area contributed by atoms with Gasteiger partial charge in [-0.2, -0.15) is 0 Å². The molecule has 0 aliphatic rings. The molecule has 2 atom stereocenters. The molecule has 5 nitrogen and oxygen atoms in total. The first kappa shape index (κ1) is 17.5. The molecule has 5 heteroatoms. The molecule has 0 aliphatic carbocycles. The molecule has 0 bridgehead atoms. The summed E-state index contributed by atoms with van der Waals surface area (Å²) in [5.74, 6) is 0.769. The second kappa shape index (κ2) is 8.64. The van der Waals surface area contributed by atoms with Gasteiger partial charge in [-0.25, -0.2) is 0 Å². The molecule has 1 rings (SSSR count). The smallest absolute Gasteiger partial charge is 0.220 e. The minimum absolute atomic E-state index is 0.0364. The van der Waals surface area contributed by atoms with E-state index in [0.29, 0.717) is 19.4 Å². The Kier molecular flexibility index (Phi) is 7.19. The Hall–Kier alpha value is -1.59. The summed E-state index contributed by atoms with van der Waals surface area (Å²) in [6.07, 6.45) is 0.381. The number of amides is 1. The molecule has 0 aliphatic heterocycles. The van der Waals surface area contributed by atoms with Crippen molar-refractivity contribution in [3.05, 3.63) is 29.8 Å². The third-order valence-corrected chi connectivity index (χ3v) is 3.38. The summed E-state index contributed by atoms with van der Waals surface area (Å²) in [5.41, 5.74) is 1.09. The number of ether oxygens (including phenoxy) is 1. The molecule has 1 aromatic carbocycles. The maximum absolute atomic E-state index is 11.8. The topological polar surface area (TPSA) is 61.8 Å². The largest absolute Gasteiger partial charge is 0.497 e. The normalized spacial score (nSPS) is 13.8. The standard InChI is InChI=1S/C16H26N2O3/c1-12(19)8-9-16(20)17-11-15(18(2)3)13-6-5-7-14(10-13)21-4/h5-7,10,12,15,19H,8-9,11H2,1-4H3,(H,17,20). The Morgan fingerprint density at radius 2 is 2.14 bits per heavy atom. The van der Waals surface area contributed by atoms with Crippen molar-refractivity contribution < 1.29 is 14.6 Å². The van der Waals surface area contributed by atoms with E-state index in [0.717, 1.165) is 11.3 Å². The minimum atomic E-state index is -0.446. The molecule has 0 spiro atoms. The van der Waals surface area contributed by atoms with Crippen molar-refractivity contribution >= 4 is 5.91 Å². The lowest BCUT2D eigenvalue weighted by molar-refractivity contribution is -0.121. The van der Waals surface area contributed by atoms with Crippen LogP contribution in [0.25, 0.3) is 0 Å². The van der Waals surface area contributed by atoms with Gasteiger partial charge >= 0.3 is 0 Å². The predicted molar refractivity (Wildman–Crippen MR) is 83.3 cm³/mol. The Balaban J connectivity index is 2.63. The van der Waals surface area contributed by atoms with Gasteiger partial charge in [-0.3, -0.25) is 4.79 Å². The number of carbonyl (C=O) groups excluding carboxylic acids is 1. The van der Waals surface area contributed by atoms with Gasteiger partial charge in [0.1, 0.15) is 5.75 Å². The highest BCUT2D eigenvalue weighted by molar-refractivity contribution is 5.75. The van der Waals surface area contributed by atoms with Crippen molar-refractivity contribution in [2.24, 2.45) is 0 Å². The van der Waals surface area contributed by atoms with Gasteiger partial charge in [0.05, 0.1) is 19.3 Å². The van der Waals surface area contributed by atoms with E-state index in [4.69, 9.17) is 4.74 Å². The van der Waals surface area contributed by atoms with Crippen LogP contribution in [0.3, 0.4) is 0 Å². The summed E-state index contributed by atoms with van der Waals surface area (Å²) in [5, 5.41) is 12.1. The summed E-state index contributed by atoms with van der Waals surface area (Å²) >= 11 is 0. The molecule has 0 aromatic heterocycles. The van der Waals surface area contributed by atoms with Gasteiger partial charge in [0.25, 0.3) is 0 Å². The number of likely N-dealkylation sites (N-methyl/N-ethyl adjacent to an activating group) is 1. The first-order valence-corrected chi connectivity index (χ1v) is 7.19. The van der Waals surface area contributed by atoms with E-state index in [1.807, 2.05) is 38.4 Å². The zero-order chi connectivity index (χ0) is 15.8. The quantitative estimate of drug-likeness (QED) is 0.764. The van der Waals surface area contributed by atoms with E-state index in [9.17, 15) is 9.90 Å². The lowest BCUT2D eigenvalue weighted by Crippen LogP contribution is -2.34. The average molecular weight is 294 g/mol. The van der Waals surface area contributed by atoms with Crippen molar-refractivity contribution in [1.29, 1.82) is 0 Å². The van der Waals surface area contributed by atoms with Crippen LogP contribution in [-0.2, 0) is 4.79 Å². The summed E-state index contributed by atoms with van der Waals surface area (Å²) in [6, 6.07) is 7.93. The van der Waals surface area contributed by atoms with E-state index in [1.165, 1.54) is 0 Å². The summed E-state index contributed by atoms with van der Waals surface area (Å²) in [7, 11) is 5.60. The fraction of sp³-hybridized carbons (Fsp3) is 0.562. The Morgan fingerprint density at radius 3 is 2.71 bits per heavy atom. The van der Waals surface area contributed by atoms with Crippen LogP contribution < -0.4 is 10.1 Å². The van der Waals surface area contributed by atoms with Gasteiger partial charge in [0.2, 0.25) is 5.91 Å². The highest BCUT2D eigenvalue weighted by atomic mass is 16.5. The summed E-state index contributed by atoms with van der Waals surface area (Å²) in [4.78, 5) is 13.8. The van der Waals surface area contributed by atoms with Gasteiger partial charge in [0.15, 0.2) is 0 Å². The summed E-state index contributed by atoms with van der Waals surface area (Å²) in [6.45, 7) is 2.21. The molecule has 0 saturated carbocycles. The lowest BCUT2D eigenvalue weighted by atomic mass is 10.1. The van der Waals surface area contributed by atoms with Crippen LogP contribution >= 0.6 is 0 Å². The van der Waals surface area contributed by atoms with Gasteiger partial charge in [0, 0.05) is 13.0 Å². The maximum atomic E-state index is 11.8. The van der Waals surface area contributed by atoms with Crippen LogP contribution in [0.15, 0.2) is 24.3 Å². The average Bonchev–Trinajstić information content (AvgIpc) is 2.45. The molecular weight excluding hydrogens is 268 g/mol. The highest BCUT2D eigenvalue weighted by Gasteiger charge is 2.16. The fourth-order valence-corrected chi connectivity index (χ4v) is 2.09. The molecule has 2 N–H and O–H groups in total. The van der Waals surface area contributed by atoms with Crippen LogP contribution in [0.1, 0.15) is 31.4 Å². The Labute approximate surface area is 126 Å². The number of benzene rings is 1. The van der Waals surface area contributed by atoms with Crippen LogP contribution in [0.4, 0.5) is 0 Å². The number of nitrogens with one attached hydrogen (secondary N) is 1. The lowest BCUT2D eigenvalue weighted by Gasteiger charge is -2.25. The highest BCUT2D eigenvalue weighted by Crippen LogP contribution is 2.22. The van der Waals surface area contributed by atoms with E-state index >= 15 is 0 Å². The molecular formula is C16H26N2O3. The third-order valence-electron chi connectivity index (χ3n) is 3.38. The third kappa shape index (κ3) is 6.14. The number of aliphatic hydroxyl groups is 1. The number of rotatable bonds is 8. The molecule has 21 heavy (non-hydrogen) atoms. The zero-order valence-electron chi connectivity index (χ0n) is 13.3. The van der Waals surface area contributed by atoms with Gasteiger partial charge in [-0.05, 0) is 45.1 Å². The van der Waals surface area contributed by atoms with Crippen molar-refractivity contribution in [2.45, 2.75) is 31.9 Å². The number of aliphatic hydroxyl groups excluding tert-OH is 1. The maximum Gasteiger partial charge on any atom is 0.220 e. The van der Waals surface area contributed by atoms with E-state index < -0.39 is 6.10 Å². The van der Waals surface area contributed by atoms with Crippen molar-refractivity contribution in [3.8, 4) is 5.75 Å². The number of hydrogen-bond donors (Lipinski definition) is 2. The van der Waals surface area contributed by atoms with Crippen molar-refractivity contribution in [3.63, 3.8) is 0 Å². The Bertz CT molecular complexity index is 447. The number of carbonyl (C=O) groups is 1. The number of nitrogens with zero attached hydrogens (tertiary/aromatic N) is 1. The molecule has 118 valence electrons. The van der Waals surface area contributed by atoms with Crippen LogP contribution in [0.2, 0.25) is 0 Å². The van der Waals surface area contributed by atoms with Gasteiger partial charge < -0.3 is 20.1 Å². The number of hydrogen-bond acceptors (Lipinski definition) is 4. The van der Waals surface area contributed by atoms with Crippen LogP contribution in [-0.4, -0.2) is 49.8 Å². The molecule has 0 fully saturated rings. The van der Waals surface area contributed by atoms with Gasteiger partial charge in [-0.15, -0.1) is 0 Å².